The van der Waals surface area contributed by atoms with Gasteiger partial charge < -0.3 is 10.6 Å². The van der Waals surface area contributed by atoms with Crippen LogP contribution in [0.2, 0.25) is 0 Å². The summed E-state index contributed by atoms with van der Waals surface area (Å²) in [6.07, 6.45) is 0. The van der Waals surface area contributed by atoms with Gasteiger partial charge in [0.2, 0.25) is 0 Å². The fraction of sp³-hybridized carbons (Fsp3) is 0.0417. The van der Waals surface area contributed by atoms with Crippen LogP contribution in [-0.4, -0.2) is 11.0 Å². The Labute approximate surface area is 172 Å². The third-order valence-corrected chi connectivity index (χ3v) is 4.59. The summed E-state index contributed by atoms with van der Waals surface area (Å²) in [7, 11) is 0. The molecule has 2 N–H and O–H groups in total. The minimum atomic E-state index is -0.417. The summed E-state index contributed by atoms with van der Waals surface area (Å²) in [5.41, 5.74) is 4.44. The zero-order valence-electron chi connectivity index (χ0n) is 16.1. The number of aryl methyl sites for hydroxylation is 1. The monoisotopic (exact) mass is 396 g/mol. The molecule has 1 aromatic heterocycles. The maximum absolute atomic E-state index is 13.6. The van der Waals surface area contributed by atoms with Crippen LogP contribution in [-0.2, 0) is 0 Å². The Kier molecular flexibility index (Phi) is 5.10. The van der Waals surface area contributed by atoms with Crippen molar-refractivity contribution >= 4 is 28.3 Å². The molecule has 0 aliphatic heterocycles. The van der Waals surface area contributed by atoms with Crippen molar-refractivity contribution in [3.8, 4) is 17.2 Å². The maximum atomic E-state index is 13.6. The molecular formula is C24H17FN4O. The molecule has 5 nitrogen and oxygen atoms in total. The van der Waals surface area contributed by atoms with E-state index in [-0.39, 0.29) is 11.7 Å². The first kappa shape index (κ1) is 19.1. The van der Waals surface area contributed by atoms with Crippen molar-refractivity contribution in [3.63, 3.8) is 0 Å². The average molecular weight is 396 g/mol. The highest BCUT2D eigenvalue weighted by atomic mass is 19.1. The van der Waals surface area contributed by atoms with Crippen LogP contribution >= 0.6 is 0 Å². The van der Waals surface area contributed by atoms with Crippen LogP contribution < -0.4 is 10.6 Å². The first-order valence-electron chi connectivity index (χ1n) is 9.27. The maximum Gasteiger partial charge on any atom is 0.323 e. The zero-order valence-corrected chi connectivity index (χ0v) is 16.1. The van der Waals surface area contributed by atoms with Gasteiger partial charge in [0.15, 0.2) is 0 Å². The smallest absolute Gasteiger partial charge is 0.308 e. The normalized spacial score (nSPS) is 10.4. The number of pyridine rings is 1. The Hall–Kier alpha value is -4.24. The molecule has 0 unspecified atom stereocenters. The Bertz CT molecular complexity index is 1310. The second kappa shape index (κ2) is 8.02. The first-order valence-corrected chi connectivity index (χ1v) is 9.27. The van der Waals surface area contributed by atoms with E-state index in [1.54, 1.807) is 30.3 Å². The van der Waals surface area contributed by atoms with Gasteiger partial charge in [-0.3, -0.25) is 0 Å². The molecule has 30 heavy (non-hydrogen) atoms. The standard InChI is InChI=1S/C24H17FN4O/c1-15-4-2-6-18(10-15)28-24(30)29-19-7-3-5-16(11-19)22-13-20(14-26)27-23-12-17(25)8-9-21(22)23/h2-13H,1H3,(H2,28,29,30). The number of benzene rings is 3. The van der Waals surface area contributed by atoms with E-state index >= 15 is 0 Å². The molecule has 3 aromatic carbocycles. The fourth-order valence-corrected chi connectivity index (χ4v) is 3.28. The van der Waals surface area contributed by atoms with Crippen molar-refractivity contribution in [2.24, 2.45) is 0 Å². The number of carbonyl (C=O) groups excluding carboxylic acids is 1. The van der Waals surface area contributed by atoms with Gasteiger partial charge in [-0.15, -0.1) is 0 Å². The van der Waals surface area contributed by atoms with Crippen LogP contribution in [0, 0.1) is 24.1 Å². The van der Waals surface area contributed by atoms with Gasteiger partial charge in [0.25, 0.3) is 0 Å². The SMILES string of the molecule is Cc1cccc(NC(=O)Nc2cccc(-c3cc(C#N)nc4cc(F)ccc34)c2)c1. The molecule has 2 amide bonds. The van der Waals surface area contributed by atoms with Crippen molar-refractivity contribution in [3.05, 3.63) is 89.9 Å². The highest BCUT2D eigenvalue weighted by Crippen LogP contribution is 2.30. The largest absolute Gasteiger partial charge is 0.323 e. The molecule has 0 bridgehead atoms. The minimum absolute atomic E-state index is 0.193. The van der Waals surface area contributed by atoms with Crippen LogP contribution in [0.4, 0.5) is 20.6 Å². The summed E-state index contributed by atoms with van der Waals surface area (Å²) >= 11 is 0. The molecule has 0 spiro atoms. The lowest BCUT2D eigenvalue weighted by Crippen LogP contribution is -2.19. The van der Waals surface area contributed by atoms with Crippen molar-refractivity contribution < 1.29 is 9.18 Å². The van der Waals surface area contributed by atoms with Gasteiger partial charge in [0.05, 0.1) is 5.52 Å². The Morgan fingerprint density at radius 2 is 1.70 bits per heavy atom. The van der Waals surface area contributed by atoms with E-state index in [1.807, 2.05) is 43.3 Å². The summed E-state index contributed by atoms with van der Waals surface area (Å²) in [5, 5.41) is 15.6. The molecule has 4 aromatic rings. The highest BCUT2D eigenvalue weighted by Gasteiger charge is 2.10. The van der Waals surface area contributed by atoms with E-state index < -0.39 is 5.82 Å². The molecular weight excluding hydrogens is 379 g/mol. The van der Waals surface area contributed by atoms with E-state index in [2.05, 4.69) is 15.6 Å². The van der Waals surface area contributed by atoms with E-state index in [9.17, 15) is 14.4 Å². The van der Waals surface area contributed by atoms with Crippen LogP contribution in [0.1, 0.15) is 11.3 Å². The predicted molar refractivity (Wildman–Crippen MR) is 116 cm³/mol. The van der Waals surface area contributed by atoms with E-state index in [0.717, 1.165) is 22.1 Å². The van der Waals surface area contributed by atoms with Crippen LogP contribution in [0.15, 0.2) is 72.8 Å². The van der Waals surface area contributed by atoms with Crippen LogP contribution in [0.25, 0.3) is 22.0 Å². The molecule has 0 saturated heterocycles. The lowest BCUT2D eigenvalue weighted by molar-refractivity contribution is 0.262. The van der Waals surface area contributed by atoms with Gasteiger partial charge >= 0.3 is 6.03 Å². The Balaban J connectivity index is 1.65. The second-order valence-electron chi connectivity index (χ2n) is 6.86. The molecule has 0 atom stereocenters. The van der Waals surface area contributed by atoms with E-state index in [0.29, 0.717) is 16.9 Å². The lowest BCUT2D eigenvalue weighted by atomic mass is 9.99. The van der Waals surface area contributed by atoms with Crippen LogP contribution in [0.3, 0.4) is 0 Å². The molecule has 0 fully saturated rings. The van der Waals surface area contributed by atoms with Crippen molar-refractivity contribution in [1.82, 2.24) is 4.98 Å². The molecule has 4 rings (SSSR count). The summed E-state index contributed by atoms with van der Waals surface area (Å²) in [4.78, 5) is 16.6. The van der Waals surface area contributed by atoms with Crippen molar-refractivity contribution in [2.45, 2.75) is 6.92 Å². The van der Waals surface area contributed by atoms with Gasteiger partial charge in [0, 0.05) is 22.8 Å². The molecule has 6 heteroatoms. The molecule has 1 heterocycles. The molecule has 0 radical (unpaired) electrons. The summed E-state index contributed by atoms with van der Waals surface area (Å²) in [5.74, 6) is -0.417. The van der Waals surface area contributed by atoms with Crippen LogP contribution in [0.5, 0.6) is 0 Å². The number of nitrogens with one attached hydrogen (secondary N) is 2. The third kappa shape index (κ3) is 4.10. The molecule has 146 valence electrons. The molecule has 0 aliphatic carbocycles. The highest BCUT2D eigenvalue weighted by molar-refractivity contribution is 6.01. The fourth-order valence-electron chi connectivity index (χ4n) is 3.28. The zero-order chi connectivity index (χ0) is 21.1. The Morgan fingerprint density at radius 3 is 2.43 bits per heavy atom. The number of nitriles is 1. The quantitative estimate of drug-likeness (QED) is 0.455. The number of hydrogen-bond donors (Lipinski definition) is 2. The van der Waals surface area contributed by atoms with Crippen molar-refractivity contribution in [1.29, 1.82) is 5.26 Å². The number of urea groups is 1. The number of hydrogen-bond acceptors (Lipinski definition) is 3. The molecule has 0 aliphatic rings. The van der Waals surface area contributed by atoms with E-state index in [1.165, 1.54) is 12.1 Å². The summed E-state index contributed by atoms with van der Waals surface area (Å²) in [6, 6.07) is 22.4. The number of rotatable bonds is 3. The number of amides is 2. The van der Waals surface area contributed by atoms with E-state index in [4.69, 9.17) is 0 Å². The second-order valence-corrected chi connectivity index (χ2v) is 6.86. The number of aromatic nitrogens is 1. The lowest BCUT2D eigenvalue weighted by Gasteiger charge is -2.11. The summed E-state index contributed by atoms with van der Waals surface area (Å²) in [6.45, 7) is 1.95. The number of halogens is 1. The van der Waals surface area contributed by atoms with Gasteiger partial charge in [-0.1, -0.05) is 24.3 Å². The number of nitrogens with zero attached hydrogens (tertiary/aromatic N) is 2. The van der Waals surface area contributed by atoms with Gasteiger partial charge in [-0.2, -0.15) is 5.26 Å². The number of fused-ring (bicyclic) bond motifs is 1. The summed E-state index contributed by atoms with van der Waals surface area (Å²) < 4.78 is 13.6. The van der Waals surface area contributed by atoms with Gasteiger partial charge in [-0.25, -0.2) is 14.2 Å². The van der Waals surface area contributed by atoms with Crippen molar-refractivity contribution in [2.75, 3.05) is 10.6 Å². The number of carbonyl (C=O) groups is 1. The predicted octanol–water partition coefficient (Wildman–Crippen LogP) is 5.87. The van der Waals surface area contributed by atoms with Gasteiger partial charge in [0.1, 0.15) is 17.6 Å². The number of anilines is 2. The molecule has 0 saturated carbocycles. The topological polar surface area (TPSA) is 77.8 Å². The Morgan fingerprint density at radius 1 is 0.967 bits per heavy atom. The third-order valence-electron chi connectivity index (χ3n) is 4.59. The minimum Gasteiger partial charge on any atom is -0.308 e. The van der Waals surface area contributed by atoms with Gasteiger partial charge in [-0.05, 0) is 66.1 Å². The first-order chi connectivity index (χ1) is 14.5. The average Bonchev–Trinajstić information content (AvgIpc) is 2.72.